The second-order valence-corrected chi connectivity index (χ2v) is 5.59. The van der Waals surface area contributed by atoms with Gasteiger partial charge in [0.15, 0.2) is 0 Å². The lowest BCUT2D eigenvalue weighted by atomic mass is 10.0. The van der Waals surface area contributed by atoms with Gasteiger partial charge in [-0.2, -0.15) is 0 Å². The minimum atomic E-state index is -1.05. The van der Waals surface area contributed by atoms with Crippen molar-refractivity contribution in [2.24, 2.45) is 0 Å². The molecule has 0 aromatic heterocycles. The van der Waals surface area contributed by atoms with E-state index >= 15 is 0 Å². The van der Waals surface area contributed by atoms with Gasteiger partial charge in [-0.15, -0.1) is 0 Å². The summed E-state index contributed by atoms with van der Waals surface area (Å²) in [4.78, 5) is 11.2. The van der Waals surface area contributed by atoms with Crippen molar-refractivity contribution in [1.29, 1.82) is 0 Å². The van der Waals surface area contributed by atoms with Crippen LogP contribution in [0.15, 0.2) is 30.3 Å². The summed E-state index contributed by atoms with van der Waals surface area (Å²) in [6.07, 6.45) is 1.86. The number of carboxylic acid groups (broad SMARTS) is 1. The van der Waals surface area contributed by atoms with E-state index in [0.717, 1.165) is 18.4 Å². The van der Waals surface area contributed by atoms with Crippen LogP contribution in [0, 0.1) is 0 Å². The van der Waals surface area contributed by atoms with E-state index in [1.165, 1.54) is 0 Å². The van der Waals surface area contributed by atoms with Gasteiger partial charge in [-0.25, -0.2) is 0 Å². The van der Waals surface area contributed by atoms with Gasteiger partial charge in [0.05, 0.1) is 5.92 Å². The Labute approximate surface area is 104 Å². The largest absolute Gasteiger partial charge is 0.481 e. The van der Waals surface area contributed by atoms with Crippen molar-refractivity contribution in [3.8, 4) is 0 Å². The predicted molar refractivity (Wildman–Crippen MR) is 69.6 cm³/mol. The van der Waals surface area contributed by atoms with E-state index < -0.39 is 22.7 Å². The molecule has 0 amide bonds. The Kier molecular flexibility index (Phi) is 5.91. The van der Waals surface area contributed by atoms with Crippen LogP contribution in [-0.2, 0) is 15.6 Å². The first-order valence-electron chi connectivity index (χ1n) is 5.78. The van der Waals surface area contributed by atoms with Gasteiger partial charge < -0.3 is 5.11 Å². The summed E-state index contributed by atoms with van der Waals surface area (Å²) in [5.74, 6) is -0.762. The number of hydrogen-bond acceptors (Lipinski definition) is 2. The van der Waals surface area contributed by atoms with Crippen molar-refractivity contribution in [1.82, 2.24) is 0 Å². The summed E-state index contributed by atoms with van der Waals surface area (Å²) < 4.78 is 11.7. The van der Waals surface area contributed by atoms with Crippen LogP contribution in [0.25, 0.3) is 0 Å². The van der Waals surface area contributed by atoms with Crippen molar-refractivity contribution < 1.29 is 14.1 Å². The Morgan fingerprint density at radius 1 is 1.35 bits per heavy atom. The van der Waals surface area contributed by atoms with Crippen molar-refractivity contribution in [3.63, 3.8) is 0 Å². The molecule has 0 aliphatic rings. The molecule has 2 unspecified atom stereocenters. The quantitative estimate of drug-likeness (QED) is 0.813. The Morgan fingerprint density at radius 2 is 2.00 bits per heavy atom. The second-order valence-electron chi connectivity index (χ2n) is 3.97. The van der Waals surface area contributed by atoms with Crippen LogP contribution >= 0.6 is 0 Å². The first kappa shape index (κ1) is 13.9. The summed E-state index contributed by atoms with van der Waals surface area (Å²) in [7, 11) is -1.05. The number of benzene rings is 1. The number of hydrogen-bond donors (Lipinski definition) is 1. The van der Waals surface area contributed by atoms with Crippen LogP contribution in [0.1, 0.15) is 31.2 Å². The zero-order chi connectivity index (χ0) is 12.7. The standard InChI is InChI=1S/C13H18O3S/c1-2-3-9-17(16)10-12(13(14)15)11-7-5-4-6-8-11/h4-8,12H,2-3,9-10H2,1H3,(H,14,15). The number of unbranched alkanes of at least 4 members (excludes halogenated alkanes) is 1. The molecule has 17 heavy (non-hydrogen) atoms. The van der Waals surface area contributed by atoms with E-state index in [1.54, 1.807) is 24.3 Å². The summed E-state index contributed by atoms with van der Waals surface area (Å²) >= 11 is 0. The van der Waals surface area contributed by atoms with Crippen LogP contribution < -0.4 is 0 Å². The molecule has 0 saturated heterocycles. The normalized spacial score (nSPS) is 14.2. The smallest absolute Gasteiger partial charge is 0.311 e. The number of carboxylic acids is 1. The summed E-state index contributed by atoms with van der Waals surface area (Å²) in [6.45, 7) is 2.03. The molecular formula is C13H18O3S. The molecule has 1 aromatic rings. The van der Waals surface area contributed by atoms with Gasteiger partial charge in [-0.3, -0.25) is 9.00 Å². The molecule has 4 heteroatoms. The van der Waals surface area contributed by atoms with E-state index in [-0.39, 0.29) is 5.75 Å². The van der Waals surface area contributed by atoms with Crippen molar-refractivity contribution in [2.45, 2.75) is 25.7 Å². The second kappa shape index (κ2) is 7.22. The Morgan fingerprint density at radius 3 is 2.53 bits per heavy atom. The first-order chi connectivity index (χ1) is 8.15. The molecule has 0 spiro atoms. The molecule has 1 N–H and O–H groups in total. The van der Waals surface area contributed by atoms with Gasteiger partial charge in [0, 0.05) is 22.3 Å². The van der Waals surface area contributed by atoms with E-state index in [4.69, 9.17) is 5.11 Å². The Balaban J connectivity index is 2.68. The Bertz CT molecular complexity index is 376. The maximum atomic E-state index is 11.7. The molecular weight excluding hydrogens is 236 g/mol. The highest BCUT2D eigenvalue weighted by Gasteiger charge is 2.21. The lowest BCUT2D eigenvalue weighted by Gasteiger charge is -2.12. The van der Waals surface area contributed by atoms with Crippen molar-refractivity contribution in [3.05, 3.63) is 35.9 Å². The lowest BCUT2D eigenvalue weighted by molar-refractivity contribution is -0.138. The third-order valence-corrected chi connectivity index (χ3v) is 4.03. The summed E-state index contributed by atoms with van der Waals surface area (Å²) in [5.41, 5.74) is 0.727. The highest BCUT2D eigenvalue weighted by molar-refractivity contribution is 7.85. The molecule has 0 fully saturated rings. The fraction of sp³-hybridized carbons (Fsp3) is 0.462. The maximum absolute atomic E-state index is 11.7. The Hall–Kier alpha value is -1.16. The van der Waals surface area contributed by atoms with Crippen LogP contribution in [0.3, 0.4) is 0 Å². The first-order valence-corrected chi connectivity index (χ1v) is 7.26. The van der Waals surface area contributed by atoms with Crippen molar-refractivity contribution in [2.75, 3.05) is 11.5 Å². The zero-order valence-corrected chi connectivity index (χ0v) is 10.8. The number of carbonyl (C=O) groups is 1. The van der Waals surface area contributed by atoms with Crippen LogP contribution in [-0.4, -0.2) is 26.8 Å². The molecule has 0 bridgehead atoms. The third-order valence-electron chi connectivity index (χ3n) is 2.58. The van der Waals surface area contributed by atoms with Gasteiger partial charge in [-0.05, 0) is 12.0 Å². The molecule has 2 atom stereocenters. The molecule has 0 aliphatic heterocycles. The molecule has 94 valence electrons. The molecule has 0 radical (unpaired) electrons. The van der Waals surface area contributed by atoms with Gasteiger partial charge in [0.2, 0.25) is 0 Å². The fourth-order valence-electron chi connectivity index (χ4n) is 1.57. The zero-order valence-electron chi connectivity index (χ0n) is 9.96. The summed E-state index contributed by atoms with van der Waals surface area (Å²) in [6, 6.07) is 9.00. The SMILES string of the molecule is CCCCS(=O)CC(C(=O)O)c1ccccc1. The highest BCUT2D eigenvalue weighted by atomic mass is 32.2. The molecule has 1 rings (SSSR count). The average molecular weight is 254 g/mol. The van der Waals surface area contributed by atoms with Gasteiger partial charge in [0.25, 0.3) is 0 Å². The monoisotopic (exact) mass is 254 g/mol. The fourth-order valence-corrected chi connectivity index (χ4v) is 3.05. The van der Waals surface area contributed by atoms with Crippen LogP contribution in [0.5, 0.6) is 0 Å². The van der Waals surface area contributed by atoms with Gasteiger partial charge in [-0.1, -0.05) is 43.7 Å². The molecule has 0 heterocycles. The highest BCUT2D eigenvalue weighted by Crippen LogP contribution is 2.17. The summed E-state index contributed by atoms with van der Waals surface area (Å²) in [5, 5.41) is 9.17. The topological polar surface area (TPSA) is 54.4 Å². The minimum absolute atomic E-state index is 0.208. The lowest BCUT2D eigenvalue weighted by Crippen LogP contribution is -2.20. The van der Waals surface area contributed by atoms with E-state index in [2.05, 4.69) is 0 Å². The molecule has 1 aromatic carbocycles. The third kappa shape index (κ3) is 4.69. The maximum Gasteiger partial charge on any atom is 0.311 e. The molecule has 3 nitrogen and oxygen atoms in total. The van der Waals surface area contributed by atoms with Crippen molar-refractivity contribution >= 4 is 16.8 Å². The number of rotatable bonds is 7. The molecule has 0 saturated carbocycles. The minimum Gasteiger partial charge on any atom is -0.481 e. The average Bonchev–Trinajstić information content (AvgIpc) is 2.34. The van der Waals surface area contributed by atoms with E-state index in [9.17, 15) is 9.00 Å². The van der Waals surface area contributed by atoms with Crippen LogP contribution in [0.2, 0.25) is 0 Å². The van der Waals surface area contributed by atoms with Gasteiger partial charge >= 0.3 is 5.97 Å². The predicted octanol–water partition coefficient (Wildman–Crippen LogP) is 2.40. The number of aliphatic carboxylic acids is 1. The van der Waals surface area contributed by atoms with E-state index in [0.29, 0.717) is 5.75 Å². The molecule has 0 aliphatic carbocycles. The van der Waals surface area contributed by atoms with E-state index in [1.807, 2.05) is 13.0 Å². The van der Waals surface area contributed by atoms with Crippen LogP contribution in [0.4, 0.5) is 0 Å². The van der Waals surface area contributed by atoms with Gasteiger partial charge in [0.1, 0.15) is 0 Å².